The van der Waals surface area contributed by atoms with Gasteiger partial charge in [0, 0.05) is 25.3 Å². The van der Waals surface area contributed by atoms with Crippen LogP contribution in [0, 0.1) is 0 Å². The van der Waals surface area contributed by atoms with Crippen molar-refractivity contribution in [1.29, 1.82) is 0 Å². The number of fused-ring (bicyclic) bond motifs is 5. The SMILES string of the molecule is COc1cc(C(=O)O[C@@H]2O[C@@H]3COC(=O)c4cc(OC)c(OC)c(OC)c4-c4c(cc(OC)c(OC)c4OC)C(=O)O[C@H]([C@H]2OC)[C@@H]3OC)cc(OC)c1OC. The lowest BCUT2D eigenvalue weighted by molar-refractivity contribution is -0.293. The minimum atomic E-state index is -1.56. The first-order valence-electron chi connectivity index (χ1n) is 16.8. The zero-order chi connectivity index (χ0) is 40.8. The van der Waals surface area contributed by atoms with E-state index >= 15 is 0 Å². The quantitative estimate of drug-likeness (QED) is 0.180. The molecule has 2 aliphatic rings. The molecule has 0 aliphatic carbocycles. The van der Waals surface area contributed by atoms with Crippen LogP contribution in [0.3, 0.4) is 0 Å². The number of esters is 3. The second kappa shape index (κ2) is 17.7. The van der Waals surface area contributed by atoms with Crippen LogP contribution < -0.4 is 42.6 Å². The molecule has 5 atom stereocenters. The van der Waals surface area contributed by atoms with Gasteiger partial charge in [0.2, 0.25) is 23.5 Å². The van der Waals surface area contributed by atoms with E-state index in [4.69, 9.17) is 71.1 Å². The fourth-order valence-electron chi connectivity index (χ4n) is 6.70. The highest BCUT2D eigenvalue weighted by atomic mass is 16.7. The van der Waals surface area contributed by atoms with Gasteiger partial charge in [-0.3, -0.25) is 0 Å². The fourth-order valence-corrected chi connectivity index (χ4v) is 6.70. The topological polar surface area (TPSA) is 190 Å². The maximum atomic E-state index is 14.7. The number of carbonyl (C=O) groups excluding carboxylic acids is 3. The van der Waals surface area contributed by atoms with Gasteiger partial charge in [-0.05, 0) is 24.3 Å². The van der Waals surface area contributed by atoms with Crippen molar-refractivity contribution in [3.05, 3.63) is 41.0 Å². The first-order valence-corrected chi connectivity index (χ1v) is 16.8. The summed E-state index contributed by atoms with van der Waals surface area (Å²) in [6.07, 6.45) is -6.56. The van der Waals surface area contributed by atoms with Gasteiger partial charge in [0.15, 0.2) is 46.7 Å². The number of hydrogen-bond donors (Lipinski definition) is 0. The van der Waals surface area contributed by atoms with Gasteiger partial charge in [-0.1, -0.05) is 0 Å². The van der Waals surface area contributed by atoms with Crippen LogP contribution >= 0.6 is 0 Å². The summed E-state index contributed by atoms with van der Waals surface area (Å²) in [6.45, 7) is -0.494. The Labute approximate surface area is 322 Å². The first kappa shape index (κ1) is 41.3. The molecule has 0 spiro atoms. The summed E-state index contributed by atoms with van der Waals surface area (Å²) in [5, 5.41) is 0. The van der Waals surface area contributed by atoms with E-state index in [9.17, 15) is 14.4 Å². The van der Waals surface area contributed by atoms with Crippen LogP contribution in [0.2, 0.25) is 0 Å². The van der Waals surface area contributed by atoms with E-state index in [-0.39, 0.29) is 79.6 Å². The Kier molecular flexibility index (Phi) is 13.1. The predicted molar refractivity (Wildman–Crippen MR) is 192 cm³/mol. The third kappa shape index (κ3) is 7.29. The van der Waals surface area contributed by atoms with Gasteiger partial charge < -0.3 is 71.1 Å². The number of rotatable bonds is 13. The average Bonchev–Trinajstić information content (AvgIpc) is 3.22. The van der Waals surface area contributed by atoms with E-state index < -0.39 is 55.2 Å². The van der Waals surface area contributed by atoms with Crippen molar-refractivity contribution in [2.45, 2.75) is 30.7 Å². The van der Waals surface area contributed by atoms with Crippen molar-refractivity contribution in [2.75, 3.05) is 84.8 Å². The van der Waals surface area contributed by atoms with E-state index in [0.717, 1.165) is 0 Å². The molecule has 18 heteroatoms. The molecule has 0 unspecified atom stereocenters. The maximum absolute atomic E-state index is 14.7. The van der Waals surface area contributed by atoms with Gasteiger partial charge in [-0.2, -0.15) is 0 Å². The Balaban J connectivity index is 1.72. The van der Waals surface area contributed by atoms with Crippen LogP contribution in [-0.4, -0.2) is 133 Å². The van der Waals surface area contributed by atoms with E-state index in [0.29, 0.717) is 0 Å². The van der Waals surface area contributed by atoms with Crippen LogP contribution in [-0.2, 0) is 28.4 Å². The lowest BCUT2D eigenvalue weighted by Crippen LogP contribution is -2.62. The maximum Gasteiger partial charge on any atom is 0.340 e. The largest absolute Gasteiger partial charge is 0.493 e. The molecule has 3 aromatic rings. The Hall–Kier alpha value is -5.85. The van der Waals surface area contributed by atoms with Gasteiger partial charge in [-0.25, -0.2) is 14.4 Å². The second-order valence-electron chi connectivity index (χ2n) is 11.9. The molecule has 0 radical (unpaired) electrons. The molecule has 56 heavy (non-hydrogen) atoms. The summed E-state index contributed by atoms with van der Waals surface area (Å²) >= 11 is 0. The Morgan fingerprint density at radius 1 is 0.554 bits per heavy atom. The van der Waals surface area contributed by atoms with Gasteiger partial charge in [-0.15, -0.1) is 0 Å². The molecular weight excluding hydrogens is 744 g/mol. The molecule has 18 nitrogen and oxygen atoms in total. The third-order valence-corrected chi connectivity index (χ3v) is 9.23. The van der Waals surface area contributed by atoms with Gasteiger partial charge in [0.25, 0.3) is 0 Å². The Morgan fingerprint density at radius 2 is 1.00 bits per heavy atom. The molecule has 2 heterocycles. The lowest BCUT2D eigenvalue weighted by Gasteiger charge is -2.44. The molecule has 5 rings (SSSR count). The van der Waals surface area contributed by atoms with Gasteiger partial charge >= 0.3 is 17.9 Å². The normalized spacial score (nSPS) is 20.3. The van der Waals surface area contributed by atoms with E-state index in [1.165, 1.54) is 102 Å². The third-order valence-electron chi connectivity index (χ3n) is 9.23. The molecule has 0 aromatic heterocycles. The second-order valence-corrected chi connectivity index (χ2v) is 11.9. The standard InChI is InChI=1S/C38H44O18/c1-42-20-12-17(13-21(43-2)27(20)46-5)35(39)56-38-34(52-11)33-30(49-8)24(54-38)16-53-36(40)18-14-22(44-3)28(47-6)31(50-9)25(18)26-19(37(41)55-33)15-23(45-4)29(48-7)32(26)51-10/h12-15,24,30,33-34,38H,16H2,1-11H3/t24-,30-,33+,34-,38+/m1/s1. The lowest BCUT2D eigenvalue weighted by atomic mass is 9.91. The van der Waals surface area contributed by atoms with Crippen LogP contribution in [0.1, 0.15) is 31.1 Å². The zero-order valence-corrected chi connectivity index (χ0v) is 32.8. The number of cyclic esters (lactones) is 1. The molecule has 2 aliphatic heterocycles. The monoisotopic (exact) mass is 788 g/mol. The van der Waals surface area contributed by atoms with Crippen molar-refractivity contribution in [3.63, 3.8) is 0 Å². The van der Waals surface area contributed by atoms with E-state index in [2.05, 4.69) is 0 Å². The summed E-state index contributed by atoms with van der Waals surface area (Å²) in [5.41, 5.74) is -0.332. The van der Waals surface area contributed by atoms with Gasteiger partial charge in [0.05, 0.1) is 80.7 Å². The Morgan fingerprint density at radius 3 is 1.43 bits per heavy atom. The number of carbonyl (C=O) groups is 3. The molecule has 2 bridgehead atoms. The summed E-state index contributed by atoms with van der Waals surface area (Å²) in [5.74, 6) is -1.90. The van der Waals surface area contributed by atoms with Crippen LogP contribution in [0.4, 0.5) is 0 Å². The molecule has 0 N–H and O–H groups in total. The smallest absolute Gasteiger partial charge is 0.340 e. The summed E-state index contributed by atoms with van der Waals surface area (Å²) in [4.78, 5) is 42.7. The number of hydrogen-bond acceptors (Lipinski definition) is 18. The number of methoxy groups -OCH3 is 11. The fraction of sp³-hybridized carbons (Fsp3) is 0.447. The highest BCUT2D eigenvalue weighted by molar-refractivity contribution is 6.08. The van der Waals surface area contributed by atoms with Crippen molar-refractivity contribution in [2.24, 2.45) is 0 Å². The molecule has 1 saturated heterocycles. The molecule has 304 valence electrons. The molecular formula is C38H44O18. The minimum absolute atomic E-state index is 0.00487. The molecule has 3 aromatic carbocycles. The van der Waals surface area contributed by atoms with Crippen molar-refractivity contribution in [3.8, 4) is 62.9 Å². The van der Waals surface area contributed by atoms with Crippen molar-refractivity contribution in [1.82, 2.24) is 0 Å². The van der Waals surface area contributed by atoms with Crippen LogP contribution in [0.25, 0.3) is 11.1 Å². The van der Waals surface area contributed by atoms with Crippen LogP contribution in [0.15, 0.2) is 24.3 Å². The highest BCUT2D eigenvalue weighted by Crippen LogP contribution is 2.54. The predicted octanol–water partition coefficient (Wildman–Crippen LogP) is 3.74. The minimum Gasteiger partial charge on any atom is -0.493 e. The number of benzene rings is 3. The summed E-state index contributed by atoms with van der Waals surface area (Å²) < 4.78 is 86.1. The molecule has 0 amide bonds. The van der Waals surface area contributed by atoms with E-state index in [1.54, 1.807) is 0 Å². The molecule has 1 fully saturated rings. The first-order chi connectivity index (χ1) is 27.0. The highest BCUT2D eigenvalue weighted by Gasteiger charge is 2.52. The Bertz CT molecular complexity index is 1920. The van der Waals surface area contributed by atoms with Crippen molar-refractivity contribution >= 4 is 17.9 Å². The number of ether oxygens (including phenoxy) is 15. The average molecular weight is 789 g/mol. The summed E-state index contributed by atoms with van der Waals surface area (Å²) in [6, 6.07) is 5.47. The van der Waals surface area contributed by atoms with E-state index in [1.807, 2.05) is 0 Å². The van der Waals surface area contributed by atoms with Crippen LogP contribution in [0.5, 0.6) is 51.7 Å². The zero-order valence-electron chi connectivity index (χ0n) is 32.8. The van der Waals surface area contributed by atoms with Gasteiger partial charge in [0.1, 0.15) is 18.8 Å². The molecule has 0 saturated carbocycles. The summed E-state index contributed by atoms with van der Waals surface area (Å²) in [7, 11) is 15.0. The van der Waals surface area contributed by atoms with Crippen molar-refractivity contribution < 1.29 is 85.4 Å².